The minimum absolute atomic E-state index is 0.0965. The van der Waals surface area contributed by atoms with Gasteiger partial charge < -0.3 is 9.88 Å². The Morgan fingerprint density at radius 2 is 1.51 bits per heavy atom. The highest BCUT2D eigenvalue weighted by molar-refractivity contribution is 9.10. The number of halogens is 1. The summed E-state index contributed by atoms with van der Waals surface area (Å²) in [6, 6.07) is 30.2. The number of para-hydroxylation sites is 2. The van der Waals surface area contributed by atoms with Gasteiger partial charge in [0, 0.05) is 10.0 Å². The third kappa shape index (κ3) is 4.92. The quantitative estimate of drug-likeness (QED) is 0.209. The highest BCUT2D eigenvalue weighted by Crippen LogP contribution is 2.40. The van der Waals surface area contributed by atoms with E-state index < -0.39 is 21.8 Å². The fourth-order valence-electron chi connectivity index (χ4n) is 4.91. The van der Waals surface area contributed by atoms with Crippen molar-refractivity contribution in [3.05, 3.63) is 124 Å². The summed E-state index contributed by atoms with van der Waals surface area (Å²) in [7, 11) is -4.16. The first kappa shape index (κ1) is 26.9. The van der Waals surface area contributed by atoms with Crippen LogP contribution in [0.3, 0.4) is 0 Å². The molecule has 0 spiro atoms. The topological polar surface area (TPSA) is 94.0 Å². The van der Waals surface area contributed by atoms with Crippen molar-refractivity contribution in [1.29, 1.82) is 0 Å². The first-order valence-corrected chi connectivity index (χ1v) is 15.3. The summed E-state index contributed by atoms with van der Waals surface area (Å²) in [6.45, 7) is 3.84. The second-order valence-electron chi connectivity index (χ2n) is 9.80. The monoisotopic (exact) mass is 624 g/mol. The highest BCUT2D eigenvalue weighted by atomic mass is 79.9. The molecule has 0 fully saturated rings. The van der Waals surface area contributed by atoms with Crippen molar-refractivity contribution < 1.29 is 13.2 Å². The van der Waals surface area contributed by atoms with Crippen LogP contribution in [-0.4, -0.2) is 28.9 Å². The Morgan fingerprint density at radius 3 is 2.20 bits per heavy atom. The zero-order valence-corrected chi connectivity index (χ0v) is 24.6. The number of hydrogen-bond acceptors (Lipinski definition) is 5. The number of aryl methyl sites for hydroxylation is 1. The SMILES string of the molecule is Cc1ccc(S(=O)(=O)c2c(NC(=O)c3cccc(Br)c3)n(C(C)c3ccccc3)c3nc4ccccc4nc23)cc1. The molecule has 0 aliphatic carbocycles. The van der Waals surface area contributed by atoms with Crippen LogP contribution in [0.5, 0.6) is 0 Å². The number of carbonyl (C=O) groups excluding carboxylic acids is 1. The third-order valence-corrected chi connectivity index (χ3v) is 9.35. The number of sulfone groups is 1. The molecule has 0 saturated carbocycles. The molecule has 1 amide bonds. The zero-order chi connectivity index (χ0) is 28.7. The Labute approximate surface area is 245 Å². The molecule has 6 rings (SSSR count). The summed E-state index contributed by atoms with van der Waals surface area (Å²) in [5, 5.41) is 2.95. The van der Waals surface area contributed by atoms with Crippen LogP contribution in [0.2, 0.25) is 0 Å². The summed E-state index contributed by atoms with van der Waals surface area (Å²) in [5.74, 6) is -0.349. The van der Waals surface area contributed by atoms with E-state index in [4.69, 9.17) is 9.97 Å². The number of aromatic nitrogens is 3. The molecule has 9 heteroatoms. The van der Waals surface area contributed by atoms with Crippen LogP contribution in [0.25, 0.3) is 22.2 Å². The summed E-state index contributed by atoms with van der Waals surface area (Å²) in [6.07, 6.45) is 0. The molecule has 2 aromatic heterocycles. The van der Waals surface area contributed by atoms with E-state index in [0.29, 0.717) is 22.2 Å². The molecule has 1 N–H and O–H groups in total. The van der Waals surface area contributed by atoms with E-state index >= 15 is 0 Å². The van der Waals surface area contributed by atoms with Gasteiger partial charge in [-0.05, 0) is 61.9 Å². The molecule has 0 bridgehead atoms. The summed E-state index contributed by atoms with van der Waals surface area (Å²) >= 11 is 3.42. The number of fused-ring (bicyclic) bond motifs is 2. The average Bonchev–Trinajstić information content (AvgIpc) is 3.29. The molecular formula is C32H25BrN4O3S. The Kier molecular flexibility index (Phi) is 6.93. The van der Waals surface area contributed by atoms with Gasteiger partial charge in [0.05, 0.1) is 22.0 Å². The number of hydrogen-bond donors (Lipinski definition) is 1. The van der Waals surface area contributed by atoms with E-state index in [1.165, 1.54) is 0 Å². The molecule has 0 saturated heterocycles. The largest absolute Gasteiger partial charge is 0.307 e. The van der Waals surface area contributed by atoms with Gasteiger partial charge in [0.1, 0.15) is 16.2 Å². The van der Waals surface area contributed by atoms with E-state index in [1.807, 2.05) is 68.4 Å². The van der Waals surface area contributed by atoms with Crippen LogP contribution < -0.4 is 5.32 Å². The van der Waals surface area contributed by atoms with E-state index in [-0.39, 0.29) is 21.1 Å². The Balaban J connectivity index is 1.70. The Hall–Kier alpha value is -4.34. The van der Waals surface area contributed by atoms with Crippen molar-refractivity contribution in [3.63, 3.8) is 0 Å². The normalized spacial score (nSPS) is 12.5. The van der Waals surface area contributed by atoms with E-state index in [9.17, 15) is 13.2 Å². The van der Waals surface area contributed by atoms with Gasteiger partial charge in [0.25, 0.3) is 5.91 Å². The number of amides is 1. The summed E-state index contributed by atoms with van der Waals surface area (Å²) < 4.78 is 31.3. The van der Waals surface area contributed by atoms with E-state index in [2.05, 4.69) is 21.2 Å². The molecule has 1 atom stereocenters. The maximum atomic E-state index is 14.4. The van der Waals surface area contributed by atoms with Gasteiger partial charge in [0.2, 0.25) is 9.84 Å². The Morgan fingerprint density at radius 1 is 0.854 bits per heavy atom. The van der Waals surface area contributed by atoms with Crippen molar-refractivity contribution in [2.75, 3.05) is 5.32 Å². The van der Waals surface area contributed by atoms with Gasteiger partial charge in [-0.3, -0.25) is 4.79 Å². The minimum Gasteiger partial charge on any atom is -0.307 e. The van der Waals surface area contributed by atoms with Gasteiger partial charge >= 0.3 is 0 Å². The smallest absolute Gasteiger partial charge is 0.256 e. The van der Waals surface area contributed by atoms with Crippen LogP contribution in [0.4, 0.5) is 5.82 Å². The van der Waals surface area contributed by atoms with Crippen molar-refractivity contribution in [2.24, 2.45) is 0 Å². The van der Waals surface area contributed by atoms with Gasteiger partial charge in [-0.15, -0.1) is 0 Å². The van der Waals surface area contributed by atoms with E-state index in [0.717, 1.165) is 15.6 Å². The number of benzene rings is 4. The number of carbonyl (C=O) groups is 1. The van der Waals surface area contributed by atoms with E-state index in [1.54, 1.807) is 53.1 Å². The Bertz CT molecular complexity index is 2040. The second-order valence-corrected chi connectivity index (χ2v) is 12.6. The minimum atomic E-state index is -4.16. The lowest BCUT2D eigenvalue weighted by molar-refractivity contribution is 0.102. The maximum Gasteiger partial charge on any atom is 0.256 e. The lowest BCUT2D eigenvalue weighted by Gasteiger charge is -2.20. The summed E-state index contributed by atoms with van der Waals surface area (Å²) in [5.41, 5.74) is 3.92. The lowest BCUT2D eigenvalue weighted by Crippen LogP contribution is -2.19. The van der Waals surface area contributed by atoms with Crippen LogP contribution in [-0.2, 0) is 9.84 Å². The fraction of sp³-hybridized carbons (Fsp3) is 0.0938. The van der Waals surface area contributed by atoms with Crippen LogP contribution >= 0.6 is 15.9 Å². The van der Waals surface area contributed by atoms with Crippen LogP contribution in [0, 0.1) is 6.92 Å². The predicted molar refractivity (Wildman–Crippen MR) is 164 cm³/mol. The highest BCUT2D eigenvalue weighted by Gasteiger charge is 2.34. The molecule has 41 heavy (non-hydrogen) atoms. The predicted octanol–water partition coefficient (Wildman–Crippen LogP) is 7.35. The maximum absolute atomic E-state index is 14.4. The molecule has 204 valence electrons. The lowest BCUT2D eigenvalue weighted by atomic mass is 10.1. The first-order chi connectivity index (χ1) is 19.7. The third-order valence-electron chi connectivity index (χ3n) is 7.04. The van der Waals surface area contributed by atoms with Crippen molar-refractivity contribution in [3.8, 4) is 0 Å². The first-order valence-electron chi connectivity index (χ1n) is 13.0. The second kappa shape index (κ2) is 10.6. The number of nitrogens with one attached hydrogen (secondary N) is 1. The number of rotatable bonds is 6. The molecule has 1 unspecified atom stereocenters. The fourth-order valence-corrected chi connectivity index (χ4v) is 6.84. The molecule has 4 aromatic carbocycles. The molecule has 6 aromatic rings. The van der Waals surface area contributed by atoms with Gasteiger partial charge in [0.15, 0.2) is 5.65 Å². The molecule has 7 nitrogen and oxygen atoms in total. The molecule has 2 heterocycles. The van der Waals surface area contributed by atoms with Crippen LogP contribution in [0.1, 0.15) is 34.5 Å². The standard InChI is InChI=1S/C32H25BrN4O3S/c1-20-15-17-25(18-16-20)41(39,40)29-28-30(35-27-14-7-6-13-26(27)34-28)37(21(2)22-9-4-3-5-10-22)31(29)36-32(38)23-11-8-12-24(33)19-23/h3-19,21H,1-2H3,(H,36,38). The number of anilines is 1. The number of nitrogens with zero attached hydrogens (tertiary/aromatic N) is 3. The molecular weight excluding hydrogens is 600 g/mol. The van der Waals surface area contributed by atoms with Crippen molar-refractivity contribution in [2.45, 2.75) is 29.7 Å². The molecule has 0 aliphatic rings. The van der Waals surface area contributed by atoms with Gasteiger partial charge in [-0.2, -0.15) is 0 Å². The van der Waals surface area contributed by atoms with Crippen molar-refractivity contribution in [1.82, 2.24) is 14.5 Å². The zero-order valence-electron chi connectivity index (χ0n) is 22.2. The van der Waals surface area contributed by atoms with Gasteiger partial charge in [-0.1, -0.05) is 82.2 Å². The molecule has 0 radical (unpaired) electrons. The molecule has 0 aliphatic heterocycles. The van der Waals surface area contributed by atoms with Gasteiger partial charge in [-0.25, -0.2) is 18.4 Å². The van der Waals surface area contributed by atoms with Crippen molar-refractivity contribution >= 4 is 59.7 Å². The average molecular weight is 626 g/mol. The summed E-state index contributed by atoms with van der Waals surface area (Å²) in [4.78, 5) is 23.4. The van der Waals surface area contributed by atoms with Crippen LogP contribution in [0.15, 0.2) is 117 Å².